The first kappa shape index (κ1) is 17.6. The normalized spacial score (nSPS) is 20.3. The molecule has 0 bridgehead atoms. The number of carbonyl (C=O) groups excluding carboxylic acids is 2. The number of benzene rings is 1. The van der Waals surface area contributed by atoms with Crippen molar-refractivity contribution in [1.29, 1.82) is 0 Å². The third-order valence-electron chi connectivity index (χ3n) is 5.40. The quantitative estimate of drug-likeness (QED) is 0.832. The summed E-state index contributed by atoms with van der Waals surface area (Å²) in [5, 5.41) is 1.18. The minimum atomic E-state index is -0.195. The van der Waals surface area contributed by atoms with Crippen molar-refractivity contribution in [1.82, 2.24) is 14.8 Å². The number of nitrogens with one attached hydrogen (secondary N) is 1. The number of rotatable bonds is 3. The molecule has 3 heterocycles. The number of carbonyl (C=O) groups is 2. The van der Waals surface area contributed by atoms with Gasteiger partial charge in [-0.05, 0) is 24.1 Å². The van der Waals surface area contributed by atoms with Gasteiger partial charge in [-0.25, -0.2) is 0 Å². The van der Waals surface area contributed by atoms with E-state index in [4.69, 9.17) is 0 Å². The van der Waals surface area contributed by atoms with Gasteiger partial charge in [0.25, 0.3) is 0 Å². The molecule has 6 heteroatoms. The average molecular weight is 418 g/mol. The lowest BCUT2D eigenvalue weighted by Gasteiger charge is -2.29. The topological polar surface area (TPSA) is 56.4 Å². The Morgan fingerprint density at radius 1 is 1.38 bits per heavy atom. The van der Waals surface area contributed by atoms with Crippen molar-refractivity contribution in [3.05, 3.63) is 33.9 Å². The van der Waals surface area contributed by atoms with E-state index in [9.17, 15) is 9.59 Å². The molecule has 4 rings (SSSR count). The number of amides is 2. The van der Waals surface area contributed by atoms with Crippen LogP contribution in [0.1, 0.15) is 31.5 Å². The van der Waals surface area contributed by atoms with E-state index in [0.29, 0.717) is 32.0 Å². The summed E-state index contributed by atoms with van der Waals surface area (Å²) in [5.74, 6) is 0.472. The van der Waals surface area contributed by atoms with Crippen LogP contribution in [0.25, 0.3) is 10.9 Å². The molecule has 26 heavy (non-hydrogen) atoms. The molecular weight excluding hydrogens is 394 g/mol. The van der Waals surface area contributed by atoms with E-state index >= 15 is 0 Å². The van der Waals surface area contributed by atoms with Crippen LogP contribution < -0.4 is 0 Å². The predicted molar refractivity (Wildman–Crippen MR) is 105 cm³/mol. The van der Waals surface area contributed by atoms with E-state index in [-0.39, 0.29) is 17.7 Å². The van der Waals surface area contributed by atoms with E-state index in [0.717, 1.165) is 23.0 Å². The lowest BCUT2D eigenvalue weighted by atomic mass is 10.0. The first-order chi connectivity index (χ1) is 12.4. The largest absolute Gasteiger partial charge is 0.358 e. The lowest BCUT2D eigenvalue weighted by molar-refractivity contribution is -0.136. The Morgan fingerprint density at radius 2 is 2.19 bits per heavy atom. The lowest BCUT2D eigenvalue weighted by Crippen LogP contribution is -2.40. The Hall–Kier alpha value is -1.82. The molecule has 2 aliphatic rings. The zero-order valence-corrected chi connectivity index (χ0v) is 16.8. The Kier molecular flexibility index (Phi) is 4.55. The fourth-order valence-electron chi connectivity index (χ4n) is 4.19. The van der Waals surface area contributed by atoms with Gasteiger partial charge in [0.05, 0.1) is 5.92 Å². The van der Waals surface area contributed by atoms with Gasteiger partial charge < -0.3 is 14.8 Å². The highest BCUT2D eigenvalue weighted by molar-refractivity contribution is 9.10. The SMILES string of the molecule is CC(C)CN1C[C@@H](C(=O)N2CCc3[nH]c4ccc(Br)cc4c3C2)CC1=O. The summed E-state index contributed by atoms with van der Waals surface area (Å²) in [4.78, 5) is 32.5. The van der Waals surface area contributed by atoms with Crippen LogP contribution in [-0.4, -0.2) is 46.2 Å². The molecule has 1 aromatic heterocycles. The summed E-state index contributed by atoms with van der Waals surface area (Å²) in [5.41, 5.74) is 3.56. The highest BCUT2D eigenvalue weighted by Crippen LogP contribution is 2.31. The minimum absolute atomic E-state index is 0.116. The standard InChI is InChI=1S/C20H24BrN3O2/c1-12(2)9-24-10-13(7-19(24)25)20(26)23-6-5-18-16(11-23)15-8-14(21)3-4-17(15)22-18/h3-4,8,12-13,22H,5-7,9-11H2,1-2H3/t13-/m0/s1. The Morgan fingerprint density at radius 3 is 2.96 bits per heavy atom. The zero-order chi connectivity index (χ0) is 18.4. The second kappa shape index (κ2) is 6.72. The van der Waals surface area contributed by atoms with Gasteiger partial charge in [-0.3, -0.25) is 9.59 Å². The zero-order valence-electron chi connectivity index (χ0n) is 15.2. The molecule has 0 aliphatic carbocycles. The van der Waals surface area contributed by atoms with E-state index in [1.807, 2.05) is 15.9 Å². The highest BCUT2D eigenvalue weighted by atomic mass is 79.9. The van der Waals surface area contributed by atoms with Crippen molar-refractivity contribution >= 4 is 38.6 Å². The van der Waals surface area contributed by atoms with Gasteiger partial charge in [-0.1, -0.05) is 29.8 Å². The monoisotopic (exact) mass is 417 g/mol. The smallest absolute Gasteiger partial charge is 0.228 e. The molecule has 1 N–H and O–H groups in total. The molecule has 1 aromatic carbocycles. The summed E-state index contributed by atoms with van der Waals surface area (Å²) in [7, 11) is 0. The Balaban J connectivity index is 1.52. The van der Waals surface area contributed by atoms with E-state index in [1.54, 1.807) is 0 Å². The Labute approximate surface area is 161 Å². The van der Waals surface area contributed by atoms with Gasteiger partial charge in [0.15, 0.2) is 0 Å². The van der Waals surface area contributed by atoms with E-state index < -0.39 is 0 Å². The summed E-state index contributed by atoms with van der Waals surface area (Å²) >= 11 is 3.54. The van der Waals surface area contributed by atoms with Gasteiger partial charge in [0, 0.05) is 65.7 Å². The van der Waals surface area contributed by atoms with Crippen LogP contribution in [0.3, 0.4) is 0 Å². The fourth-order valence-corrected chi connectivity index (χ4v) is 4.55. The summed E-state index contributed by atoms with van der Waals surface area (Å²) in [6.07, 6.45) is 1.19. The molecule has 138 valence electrons. The van der Waals surface area contributed by atoms with Gasteiger partial charge >= 0.3 is 0 Å². The molecule has 0 unspecified atom stereocenters. The second-order valence-corrected chi connectivity index (χ2v) is 8.79. The van der Waals surface area contributed by atoms with Crippen LogP contribution in [-0.2, 0) is 22.6 Å². The number of likely N-dealkylation sites (tertiary alicyclic amines) is 1. The molecule has 1 saturated heterocycles. The third-order valence-corrected chi connectivity index (χ3v) is 5.89. The summed E-state index contributed by atoms with van der Waals surface area (Å²) < 4.78 is 1.04. The molecule has 2 amide bonds. The molecule has 0 saturated carbocycles. The number of nitrogens with zero attached hydrogens (tertiary/aromatic N) is 2. The number of aromatic amines is 1. The van der Waals surface area contributed by atoms with Crippen LogP contribution in [0.4, 0.5) is 0 Å². The molecule has 5 nitrogen and oxygen atoms in total. The van der Waals surface area contributed by atoms with E-state index in [2.05, 4.69) is 46.9 Å². The predicted octanol–water partition coefficient (Wildman–Crippen LogP) is 3.32. The second-order valence-electron chi connectivity index (χ2n) is 7.88. The average Bonchev–Trinajstić information content (AvgIpc) is 3.14. The molecule has 2 aliphatic heterocycles. The molecule has 0 radical (unpaired) electrons. The van der Waals surface area contributed by atoms with Crippen molar-refractivity contribution in [2.45, 2.75) is 33.2 Å². The fraction of sp³-hybridized carbons (Fsp3) is 0.500. The molecule has 1 fully saturated rings. The maximum Gasteiger partial charge on any atom is 0.228 e. The van der Waals surface area contributed by atoms with Crippen molar-refractivity contribution in [2.24, 2.45) is 11.8 Å². The van der Waals surface area contributed by atoms with Crippen LogP contribution in [0.15, 0.2) is 22.7 Å². The Bertz CT molecular complexity index is 873. The van der Waals surface area contributed by atoms with Crippen molar-refractivity contribution in [3.63, 3.8) is 0 Å². The van der Waals surface area contributed by atoms with Gasteiger partial charge in [-0.15, -0.1) is 0 Å². The maximum atomic E-state index is 13.0. The number of halogens is 1. The van der Waals surface area contributed by atoms with E-state index in [1.165, 1.54) is 16.6 Å². The third kappa shape index (κ3) is 3.15. The van der Waals surface area contributed by atoms with Crippen molar-refractivity contribution in [3.8, 4) is 0 Å². The van der Waals surface area contributed by atoms with Gasteiger partial charge in [0.2, 0.25) is 11.8 Å². The van der Waals surface area contributed by atoms with Crippen LogP contribution >= 0.6 is 15.9 Å². The van der Waals surface area contributed by atoms with Crippen molar-refractivity contribution < 1.29 is 9.59 Å². The molecular formula is C20H24BrN3O2. The molecule has 0 spiro atoms. The summed E-state index contributed by atoms with van der Waals surface area (Å²) in [6, 6.07) is 6.21. The molecule has 1 atom stereocenters. The number of hydrogen-bond acceptors (Lipinski definition) is 2. The summed E-state index contributed by atoms with van der Waals surface area (Å²) in [6.45, 7) is 6.85. The van der Waals surface area contributed by atoms with Crippen LogP contribution in [0.5, 0.6) is 0 Å². The maximum absolute atomic E-state index is 13.0. The van der Waals surface area contributed by atoms with Gasteiger partial charge in [0.1, 0.15) is 0 Å². The highest BCUT2D eigenvalue weighted by Gasteiger charge is 2.37. The minimum Gasteiger partial charge on any atom is -0.358 e. The number of fused-ring (bicyclic) bond motifs is 3. The van der Waals surface area contributed by atoms with Crippen molar-refractivity contribution in [2.75, 3.05) is 19.6 Å². The first-order valence-electron chi connectivity index (χ1n) is 9.28. The first-order valence-corrected chi connectivity index (χ1v) is 10.1. The molecule has 2 aromatic rings. The van der Waals surface area contributed by atoms with Gasteiger partial charge in [-0.2, -0.15) is 0 Å². The number of H-pyrrole nitrogens is 1. The number of hydrogen-bond donors (Lipinski definition) is 1. The number of aromatic nitrogens is 1. The van der Waals surface area contributed by atoms with Crippen LogP contribution in [0, 0.1) is 11.8 Å². The van der Waals surface area contributed by atoms with Crippen LogP contribution in [0.2, 0.25) is 0 Å².